The van der Waals surface area contributed by atoms with Crippen molar-refractivity contribution in [2.24, 2.45) is 11.3 Å². The van der Waals surface area contributed by atoms with E-state index >= 15 is 0 Å². The molecule has 1 fully saturated rings. The number of benzene rings is 1. The van der Waals surface area contributed by atoms with Gasteiger partial charge in [-0.05, 0) is 43.2 Å². The first-order valence-corrected chi connectivity index (χ1v) is 8.16. The minimum atomic E-state index is 0.127. The van der Waals surface area contributed by atoms with Crippen LogP contribution in [0.2, 0.25) is 0 Å². The Bertz CT molecular complexity index is 458. The van der Waals surface area contributed by atoms with Gasteiger partial charge in [-0.25, -0.2) is 0 Å². The number of rotatable bonds is 3. The van der Waals surface area contributed by atoms with Gasteiger partial charge >= 0.3 is 0 Å². The summed E-state index contributed by atoms with van der Waals surface area (Å²) in [5, 5.41) is 10.0. The van der Waals surface area contributed by atoms with E-state index in [4.69, 9.17) is 0 Å². The molecule has 0 amide bonds. The summed E-state index contributed by atoms with van der Waals surface area (Å²) in [6.07, 6.45) is 7.42. The molecular weight excluding hydrogens is 246 g/mol. The normalized spacial score (nSPS) is 30.1. The summed E-state index contributed by atoms with van der Waals surface area (Å²) < 4.78 is 0. The maximum atomic E-state index is 10.0. The Morgan fingerprint density at radius 1 is 1.30 bits per heavy atom. The topological polar surface area (TPSA) is 23.5 Å². The summed E-state index contributed by atoms with van der Waals surface area (Å²) in [7, 11) is 0. The second-order valence-corrected chi connectivity index (χ2v) is 7.01. The molecule has 110 valence electrons. The zero-order chi connectivity index (χ0) is 14.0. The maximum absolute atomic E-state index is 10.0. The van der Waals surface area contributed by atoms with E-state index in [0.717, 1.165) is 19.0 Å². The van der Waals surface area contributed by atoms with Gasteiger partial charge in [-0.1, -0.05) is 38.0 Å². The van der Waals surface area contributed by atoms with Crippen molar-refractivity contribution in [1.29, 1.82) is 0 Å². The maximum Gasteiger partial charge on any atom is 0.0504 e. The third-order valence-corrected chi connectivity index (χ3v) is 5.25. The number of fused-ring (bicyclic) bond motifs is 1. The van der Waals surface area contributed by atoms with E-state index in [2.05, 4.69) is 36.1 Å². The molecule has 3 rings (SSSR count). The molecule has 1 N–H and O–H groups in total. The number of nitrogens with zero attached hydrogens (tertiary/aromatic N) is 1. The van der Waals surface area contributed by atoms with Crippen LogP contribution < -0.4 is 4.90 Å². The lowest BCUT2D eigenvalue weighted by atomic mass is 9.70. The number of aliphatic hydroxyl groups excluding tert-OH is 1. The second-order valence-electron chi connectivity index (χ2n) is 7.01. The smallest absolute Gasteiger partial charge is 0.0504 e. The van der Waals surface area contributed by atoms with E-state index in [1.807, 2.05) is 0 Å². The van der Waals surface area contributed by atoms with Gasteiger partial charge < -0.3 is 10.0 Å². The average Bonchev–Trinajstić information content (AvgIpc) is 2.48. The Morgan fingerprint density at radius 2 is 2.15 bits per heavy atom. The van der Waals surface area contributed by atoms with Crippen LogP contribution in [0.5, 0.6) is 0 Å². The fraction of sp³-hybridized carbons (Fsp3) is 0.667. The first-order valence-electron chi connectivity index (χ1n) is 8.16. The van der Waals surface area contributed by atoms with Crippen LogP contribution in [0.1, 0.15) is 44.6 Å². The molecule has 1 saturated carbocycles. The molecular formula is C18H27NO. The molecule has 20 heavy (non-hydrogen) atoms. The summed E-state index contributed by atoms with van der Waals surface area (Å²) in [6, 6.07) is 8.81. The number of para-hydroxylation sites is 1. The van der Waals surface area contributed by atoms with E-state index in [1.54, 1.807) is 0 Å². The highest BCUT2D eigenvalue weighted by molar-refractivity contribution is 5.55. The lowest BCUT2D eigenvalue weighted by Gasteiger charge is -2.44. The molecule has 0 spiro atoms. The monoisotopic (exact) mass is 273 g/mol. The van der Waals surface area contributed by atoms with Gasteiger partial charge in [-0.2, -0.15) is 0 Å². The van der Waals surface area contributed by atoms with Crippen LogP contribution in [0, 0.1) is 11.3 Å². The predicted octanol–water partition coefficient (Wildman–Crippen LogP) is 3.63. The Labute approximate surface area is 122 Å². The molecule has 0 saturated heterocycles. The van der Waals surface area contributed by atoms with E-state index in [0.29, 0.717) is 6.61 Å². The van der Waals surface area contributed by atoms with Crippen LogP contribution in [-0.4, -0.2) is 24.8 Å². The van der Waals surface area contributed by atoms with Crippen molar-refractivity contribution in [3.8, 4) is 0 Å². The Hall–Kier alpha value is -1.02. The van der Waals surface area contributed by atoms with E-state index < -0.39 is 0 Å². The first kappa shape index (κ1) is 13.9. The molecule has 0 aromatic heterocycles. The molecule has 1 aliphatic heterocycles. The minimum absolute atomic E-state index is 0.127. The SMILES string of the molecule is CC1CCCC(CO)(CN2CCCc3ccccc32)C1. The van der Waals surface area contributed by atoms with Gasteiger partial charge in [0.25, 0.3) is 0 Å². The van der Waals surface area contributed by atoms with Crippen LogP contribution in [-0.2, 0) is 6.42 Å². The lowest BCUT2D eigenvalue weighted by molar-refractivity contribution is 0.0663. The number of hydrogen-bond donors (Lipinski definition) is 1. The van der Waals surface area contributed by atoms with Gasteiger partial charge in [0.1, 0.15) is 0 Å². The molecule has 2 nitrogen and oxygen atoms in total. The molecule has 1 aliphatic carbocycles. The van der Waals surface area contributed by atoms with Gasteiger partial charge in [0.05, 0.1) is 6.61 Å². The van der Waals surface area contributed by atoms with Crippen molar-refractivity contribution in [3.05, 3.63) is 29.8 Å². The van der Waals surface area contributed by atoms with Crippen LogP contribution in [0.25, 0.3) is 0 Å². The predicted molar refractivity (Wildman–Crippen MR) is 84.1 cm³/mol. The van der Waals surface area contributed by atoms with Crippen molar-refractivity contribution in [2.75, 3.05) is 24.6 Å². The molecule has 2 aliphatic rings. The molecule has 0 radical (unpaired) electrons. The first-order chi connectivity index (χ1) is 9.72. The number of hydrogen-bond acceptors (Lipinski definition) is 2. The van der Waals surface area contributed by atoms with Gasteiger partial charge in [0.15, 0.2) is 0 Å². The van der Waals surface area contributed by atoms with Gasteiger partial charge in [0, 0.05) is 24.2 Å². The number of anilines is 1. The fourth-order valence-electron chi connectivity index (χ4n) is 4.29. The lowest BCUT2D eigenvalue weighted by Crippen LogP contribution is -2.44. The van der Waals surface area contributed by atoms with Crippen LogP contribution in [0.3, 0.4) is 0 Å². The quantitative estimate of drug-likeness (QED) is 0.909. The van der Waals surface area contributed by atoms with E-state index in [1.165, 1.54) is 49.8 Å². The second kappa shape index (κ2) is 5.77. The van der Waals surface area contributed by atoms with Crippen molar-refractivity contribution in [3.63, 3.8) is 0 Å². The summed E-state index contributed by atoms with van der Waals surface area (Å²) in [5.74, 6) is 0.760. The molecule has 0 bridgehead atoms. The third-order valence-electron chi connectivity index (χ3n) is 5.25. The Kier molecular flexibility index (Phi) is 4.02. The summed E-state index contributed by atoms with van der Waals surface area (Å²) in [4.78, 5) is 2.53. The number of aryl methyl sites for hydroxylation is 1. The average molecular weight is 273 g/mol. The summed E-state index contributed by atoms with van der Waals surface area (Å²) >= 11 is 0. The van der Waals surface area contributed by atoms with Crippen LogP contribution >= 0.6 is 0 Å². The molecule has 1 aromatic carbocycles. The fourth-order valence-corrected chi connectivity index (χ4v) is 4.29. The van der Waals surface area contributed by atoms with E-state index in [-0.39, 0.29) is 5.41 Å². The molecule has 2 unspecified atom stereocenters. The molecule has 2 atom stereocenters. The van der Waals surface area contributed by atoms with Gasteiger partial charge in [0.2, 0.25) is 0 Å². The Morgan fingerprint density at radius 3 is 2.95 bits per heavy atom. The number of aliphatic hydroxyl groups is 1. The Balaban J connectivity index is 1.80. The highest BCUT2D eigenvalue weighted by Crippen LogP contribution is 2.41. The highest BCUT2D eigenvalue weighted by atomic mass is 16.3. The van der Waals surface area contributed by atoms with Crippen molar-refractivity contribution < 1.29 is 5.11 Å². The third kappa shape index (κ3) is 2.71. The van der Waals surface area contributed by atoms with Crippen molar-refractivity contribution >= 4 is 5.69 Å². The standard InChI is InChI=1S/C18H27NO/c1-15-6-4-10-18(12-15,14-20)13-19-11-5-8-16-7-2-3-9-17(16)19/h2-3,7,9,15,20H,4-6,8,10-14H2,1H3. The molecule has 1 heterocycles. The van der Waals surface area contributed by atoms with Crippen LogP contribution in [0.15, 0.2) is 24.3 Å². The zero-order valence-corrected chi connectivity index (χ0v) is 12.6. The zero-order valence-electron chi connectivity index (χ0n) is 12.6. The van der Waals surface area contributed by atoms with Crippen molar-refractivity contribution in [1.82, 2.24) is 0 Å². The van der Waals surface area contributed by atoms with Crippen molar-refractivity contribution in [2.45, 2.75) is 45.4 Å². The van der Waals surface area contributed by atoms with Crippen LogP contribution in [0.4, 0.5) is 5.69 Å². The molecule has 1 aromatic rings. The van der Waals surface area contributed by atoms with Gasteiger partial charge in [-0.15, -0.1) is 0 Å². The molecule has 2 heteroatoms. The summed E-state index contributed by atoms with van der Waals surface area (Å²) in [6.45, 7) is 4.86. The minimum Gasteiger partial charge on any atom is -0.396 e. The highest BCUT2D eigenvalue weighted by Gasteiger charge is 2.36. The van der Waals surface area contributed by atoms with E-state index in [9.17, 15) is 5.11 Å². The summed E-state index contributed by atoms with van der Waals surface area (Å²) in [5.41, 5.74) is 3.02. The largest absolute Gasteiger partial charge is 0.396 e. The van der Waals surface area contributed by atoms with Gasteiger partial charge in [-0.3, -0.25) is 0 Å².